The Hall–Kier alpha value is -0.480. The van der Waals surface area contributed by atoms with Gasteiger partial charge in [0.15, 0.2) is 0 Å². The SMILES string of the molecule is CCn1cncc1C1NCCC(C)S1. The molecule has 4 heteroatoms. The molecule has 2 rings (SSSR count). The van der Waals surface area contributed by atoms with Gasteiger partial charge >= 0.3 is 0 Å². The van der Waals surface area contributed by atoms with Crippen LogP contribution in [0.25, 0.3) is 0 Å². The Labute approximate surface area is 89.3 Å². The van der Waals surface area contributed by atoms with E-state index in [9.17, 15) is 0 Å². The van der Waals surface area contributed by atoms with Gasteiger partial charge < -0.3 is 9.88 Å². The van der Waals surface area contributed by atoms with Crippen molar-refractivity contribution in [3.8, 4) is 0 Å². The number of hydrogen-bond donors (Lipinski definition) is 1. The molecule has 2 atom stereocenters. The molecule has 0 aliphatic carbocycles. The highest BCUT2D eigenvalue weighted by atomic mass is 32.2. The molecule has 0 bridgehead atoms. The molecule has 1 saturated heterocycles. The van der Waals surface area contributed by atoms with Crippen molar-refractivity contribution in [1.82, 2.24) is 14.9 Å². The monoisotopic (exact) mass is 211 g/mol. The lowest BCUT2D eigenvalue weighted by atomic mass is 10.3. The Morgan fingerprint density at radius 3 is 3.29 bits per heavy atom. The van der Waals surface area contributed by atoms with Gasteiger partial charge in [-0.05, 0) is 19.9 Å². The zero-order valence-electron chi connectivity index (χ0n) is 8.73. The molecular formula is C10H17N3S. The Bertz CT molecular complexity index is 297. The molecule has 2 unspecified atom stereocenters. The molecule has 1 aromatic heterocycles. The van der Waals surface area contributed by atoms with E-state index in [1.807, 2.05) is 24.3 Å². The van der Waals surface area contributed by atoms with Crippen LogP contribution < -0.4 is 5.32 Å². The van der Waals surface area contributed by atoms with Gasteiger partial charge in [-0.25, -0.2) is 4.98 Å². The molecule has 1 aliphatic rings. The second kappa shape index (κ2) is 4.36. The van der Waals surface area contributed by atoms with E-state index in [0.717, 1.165) is 18.3 Å². The maximum Gasteiger partial charge on any atom is 0.0960 e. The molecule has 14 heavy (non-hydrogen) atoms. The average Bonchev–Trinajstić information content (AvgIpc) is 2.65. The van der Waals surface area contributed by atoms with Crippen molar-refractivity contribution in [3.05, 3.63) is 18.2 Å². The number of aryl methyl sites for hydroxylation is 1. The second-order valence-corrected chi connectivity index (χ2v) is 5.22. The molecule has 3 nitrogen and oxygen atoms in total. The molecule has 0 aromatic carbocycles. The third kappa shape index (κ3) is 1.96. The van der Waals surface area contributed by atoms with Gasteiger partial charge in [0.2, 0.25) is 0 Å². The van der Waals surface area contributed by atoms with Crippen LogP contribution in [0.3, 0.4) is 0 Å². The number of rotatable bonds is 2. The van der Waals surface area contributed by atoms with E-state index < -0.39 is 0 Å². The lowest BCUT2D eigenvalue weighted by Crippen LogP contribution is -2.30. The van der Waals surface area contributed by atoms with Gasteiger partial charge in [-0.1, -0.05) is 6.92 Å². The maximum absolute atomic E-state index is 4.20. The molecule has 78 valence electrons. The Balaban J connectivity index is 2.13. The number of imidazole rings is 1. The summed E-state index contributed by atoms with van der Waals surface area (Å²) in [6.45, 7) is 6.57. The summed E-state index contributed by atoms with van der Waals surface area (Å²) in [5, 5.41) is 4.71. The average molecular weight is 211 g/mol. The first-order valence-electron chi connectivity index (χ1n) is 5.20. The number of nitrogens with one attached hydrogen (secondary N) is 1. The van der Waals surface area contributed by atoms with Crippen LogP contribution in [-0.4, -0.2) is 21.3 Å². The summed E-state index contributed by atoms with van der Waals surface area (Å²) in [5.41, 5.74) is 1.31. The van der Waals surface area contributed by atoms with Gasteiger partial charge in [-0.15, -0.1) is 11.8 Å². The molecule has 0 radical (unpaired) electrons. The van der Waals surface area contributed by atoms with Crippen LogP contribution in [-0.2, 0) is 6.54 Å². The molecule has 0 saturated carbocycles. The molecular weight excluding hydrogens is 194 g/mol. The van der Waals surface area contributed by atoms with Gasteiger partial charge in [-0.2, -0.15) is 0 Å². The van der Waals surface area contributed by atoms with Crippen molar-refractivity contribution in [3.63, 3.8) is 0 Å². The topological polar surface area (TPSA) is 29.9 Å². The first-order valence-corrected chi connectivity index (χ1v) is 6.14. The van der Waals surface area contributed by atoms with Crippen molar-refractivity contribution < 1.29 is 0 Å². The highest BCUT2D eigenvalue weighted by molar-refractivity contribution is 8.00. The molecule has 1 aliphatic heterocycles. The van der Waals surface area contributed by atoms with Crippen LogP contribution in [0.15, 0.2) is 12.5 Å². The molecule has 1 fully saturated rings. The molecule has 1 aromatic rings. The Morgan fingerprint density at radius 1 is 1.71 bits per heavy atom. The first kappa shape index (κ1) is 10.1. The van der Waals surface area contributed by atoms with Crippen LogP contribution in [0, 0.1) is 0 Å². The molecule has 0 spiro atoms. The van der Waals surface area contributed by atoms with E-state index in [4.69, 9.17) is 0 Å². The quantitative estimate of drug-likeness (QED) is 0.811. The van der Waals surface area contributed by atoms with E-state index in [-0.39, 0.29) is 0 Å². The summed E-state index contributed by atoms with van der Waals surface area (Å²) >= 11 is 2.00. The van der Waals surface area contributed by atoms with E-state index >= 15 is 0 Å². The minimum atomic E-state index is 0.432. The van der Waals surface area contributed by atoms with Crippen molar-refractivity contribution in [2.45, 2.75) is 37.4 Å². The smallest absolute Gasteiger partial charge is 0.0960 e. The number of hydrogen-bond acceptors (Lipinski definition) is 3. The van der Waals surface area contributed by atoms with Crippen molar-refractivity contribution >= 4 is 11.8 Å². The largest absolute Gasteiger partial charge is 0.333 e. The normalized spacial score (nSPS) is 27.9. The standard InChI is InChI=1S/C10H17N3S/c1-3-13-7-11-6-9(13)10-12-5-4-8(2)14-10/h6-8,10,12H,3-5H2,1-2H3. The minimum Gasteiger partial charge on any atom is -0.333 e. The van der Waals surface area contributed by atoms with Crippen molar-refractivity contribution in [2.24, 2.45) is 0 Å². The van der Waals surface area contributed by atoms with Gasteiger partial charge in [-0.3, -0.25) is 0 Å². The van der Waals surface area contributed by atoms with E-state index in [1.54, 1.807) is 0 Å². The lowest BCUT2D eigenvalue weighted by Gasteiger charge is -2.28. The van der Waals surface area contributed by atoms with Crippen LogP contribution >= 0.6 is 11.8 Å². The summed E-state index contributed by atoms with van der Waals surface area (Å²) in [4.78, 5) is 4.20. The summed E-state index contributed by atoms with van der Waals surface area (Å²) in [7, 11) is 0. The maximum atomic E-state index is 4.20. The van der Waals surface area contributed by atoms with Gasteiger partial charge in [0, 0.05) is 11.8 Å². The third-order valence-electron chi connectivity index (χ3n) is 2.60. The fourth-order valence-electron chi connectivity index (χ4n) is 1.75. The van der Waals surface area contributed by atoms with E-state index in [1.165, 1.54) is 12.1 Å². The second-order valence-electron chi connectivity index (χ2n) is 3.67. The van der Waals surface area contributed by atoms with Gasteiger partial charge in [0.25, 0.3) is 0 Å². The van der Waals surface area contributed by atoms with Crippen molar-refractivity contribution in [2.75, 3.05) is 6.54 Å². The first-order chi connectivity index (χ1) is 6.81. The fraction of sp³-hybridized carbons (Fsp3) is 0.700. The number of aromatic nitrogens is 2. The zero-order chi connectivity index (χ0) is 9.97. The van der Waals surface area contributed by atoms with Crippen LogP contribution in [0.5, 0.6) is 0 Å². The van der Waals surface area contributed by atoms with E-state index in [2.05, 4.69) is 28.7 Å². The molecule has 0 amide bonds. The molecule has 1 N–H and O–H groups in total. The van der Waals surface area contributed by atoms with Gasteiger partial charge in [0.1, 0.15) is 0 Å². The Kier molecular flexibility index (Phi) is 3.13. The zero-order valence-corrected chi connectivity index (χ0v) is 9.55. The van der Waals surface area contributed by atoms with E-state index in [0.29, 0.717) is 5.37 Å². The third-order valence-corrected chi connectivity index (χ3v) is 3.98. The predicted molar refractivity (Wildman–Crippen MR) is 60.3 cm³/mol. The number of thioether (sulfide) groups is 1. The summed E-state index contributed by atoms with van der Waals surface area (Å²) < 4.78 is 2.21. The van der Waals surface area contributed by atoms with Crippen LogP contribution in [0.4, 0.5) is 0 Å². The number of nitrogens with zero attached hydrogens (tertiary/aromatic N) is 2. The predicted octanol–water partition coefficient (Wildman–Crippen LogP) is 2.02. The van der Waals surface area contributed by atoms with Crippen LogP contribution in [0.2, 0.25) is 0 Å². The Morgan fingerprint density at radius 2 is 2.57 bits per heavy atom. The van der Waals surface area contributed by atoms with Crippen molar-refractivity contribution in [1.29, 1.82) is 0 Å². The lowest BCUT2D eigenvalue weighted by molar-refractivity contribution is 0.572. The minimum absolute atomic E-state index is 0.432. The summed E-state index contributed by atoms with van der Waals surface area (Å²) in [6.07, 6.45) is 5.16. The summed E-state index contributed by atoms with van der Waals surface area (Å²) in [6, 6.07) is 0. The highest BCUT2D eigenvalue weighted by Crippen LogP contribution is 2.33. The van der Waals surface area contributed by atoms with Crippen LogP contribution in [0.1, 0.15) is 31.3 Å². The fourth-order valence-corrected chi connectivity index (χ4v) is 3.02. The molecule has 2 heterocycles. The summed E-state index contributed by atoms with van der Waals surface area (Å²) in [5.74, 6) is 0. The van der Waals surface area contributed by atoms with Gasteiger partial charge in [0.05, 0.1) is 23.6 Å². The highest BCUT2D eigenvalue weighted by Gasteiger charge is 2.22.